The van der Waals surface area contributed by atoms with Crippen molar-refractivity contribution in [3.63, 3.8) is 0 Å². The summed E-state index contributed by atoms with van der Waals surface area (Å²) in [7, 11) is 0. The van der Waals surface area contributed by atoms with Gasteiger partial charge in [-0.05, 0) is 424 Å². The molecule has 790 valence electrons. The average molecular weight is 1900 g/mol. The molecule has 9 aliphatic heterocycles. The largest absolute Gasteiger partial charge is 0.381 e. The summed E-state index contributed by atoms with van der Waals surface area (Å²) in [5.74, 6) is 4.51. The van der Waals surface area contributed by atoms with Crippen LogP contribution in [0.25, 0.3) is 0 Å². The number of nitrogens with zero attached hydrogens (tertiary/aromatic N) is 9. The number of hydrogen-bond acceptors (Lipinski definition) is 10. The zero-order valence-electron chi connectivity index (χ0n) is 101. The summed E-state index contributed by atoms with van der Waals surface area (Å²) >= 11 is 0. The van der Waals surface area contributed by atoms with E-state index in [9.17, 15) is 0 Å². The third-order valence-corrected chi connectivity index (χ3v) is 32.1. The average Bonchev–Trinajstić information content (AvgIpc) is 1.53. The highest BCUT2D eigenvalue weighted by Crippen LogP contribution is 2.49. The van der Waals surface area contributed by atoms with Crippen LogP contribution in [0.5, 0.6) is 0 Å². The SMILES string of the molecule is CC(C)(C)C1CCCCN1C(C)(C)C.CC(C)(C)C1CCCN(C(C)(C)C)C1.CC(C)(C)C1CCCN1C(C)(C)C.CC(C)(C)C1CCc2ccccc2N1C(C)(C)C.CC(C)(C)C1CNc2ccccc2N1C(C)(C)C.CC(C)(C)C1Cc2ccccc2CN1C(C)(C)C.CC(C)(C)C1Cc2ccccc2N1C(C)(C)C.CC(C)C1CCN(C(C)(C)C)C1.CC(C)C1CCN(C(C)(C)C)CC1. The number of para-hydroxylation sites is 4. The highest BCUT2D eigenvalue weighted by molar-refractivity contribution is 5.74. The van der Waals surface area contributed by atoms with Crippen LogP contribution in [0.3, 0.4) is 0 Å². The smallest absolute Gasteiger partial charge is 0.0609 e. The molecule has 9 aliphatic rings. The number of aryl methyl sites for hydroxylation is 1. The lowest BCUT2D eigenvalue weighted by molar-refractivity contribution is -0.00414. The molecule has 0 amide bonds. The van der Waals surface area contributed by atoms with Gasteiger partial charge in [-0.1, -0.05) is 252 Å². The molecular weight excluding hydrogens is 1670 g/mol. The van der Waals surface area contributed by atoms with E-state index in [1.807, 2.05) is 0 Å². The van der Waals surface area contributed by atoms with Crippen LogP contribution in [0.2, 0.25) is 0 Å². The molecule has 10 heteroatoms. The quantitative estimate of drug-likeness (QED) is 0.210. The fourth-order valence-electron chi connectivity index (χ4n) is 23.5. The molecule has 5 saturated heterocycles. The summed E-state index contributed by atoms with van der Waals surface area (Å²) in [6, 6.07) is 39.2. The molecule has 13 rings (SSSR count). The van der Waals surface area contributed by atoms with E-state index >= 15 is 0 Å². The lowest BCUT2D eigenvalue weighted by atomic mass is 9.75. The Kier molecular flexibility index (Phi) is 43.2. The Morgan fingerprint density at radius 1 is 0.248 bits per heavy atom. The normalized spacial score (nSPS) is 23.3. The summed E-state index contributed by atoms with van der Waals surface area (Å²) in [5.41, 5.74) is 16.6. The second-order valence-electron chi connectivity index (χ2n) is 60.9. The highest BCUT2D eigenvalue weighted by Gasteiger charge is 2.47. The Labute approximate surface area is 855 Å². The van der Waals surface area contributed by atoms with Crippen LogP contribution in [-0.4, -0.2) is 174 Å². The molecule has 0 aliphatic carbocycles. The van der Waals surface area contributed by atoms with Gasteiger partial charge in [0.1, 0.15) is 0 Å². The maximum Gasteiger partial charge on any atom is 0.0609 e. The first kappa shape index (κ1) is 123. The van der Waals surface area contributed by atoms with E-state index in [1.54, 1.807) is 0 Å². The fraction of sp³-hybridized carbons (Fsp3) is 0.811. The Morgan fingerprint density at radius 3 is 0.985 bits per heavy atom. The molecule has 10 nitrogen and oxygen atoms in total. The van der Waals surface area contributed by atoms with Crippen LogP contribution in [0, 0.1) is 67.5 Å². The van der Waals surface area contributed by atoms with E-state index in [1.165, 1.54) is 187 Å². The molecule has 0 saturated carbocycles. The van der Waals surface area contributed by atoms with Gasteiger partial charge >= 0.3 is 0 Å². The van der Waals surface area contributed by atoms with E-state index in [2.05, 4.69) is 507 Å². The van der Waals surface area contributed by atoms with Crippen LogP contribution in [0.4, 0.5) is 22.7 Å². The molecule has 0 aromatic heterocycles. The highest BCUT2D eigenvalue weighted by atomic mass is 15.3. The molecular formula is C127H232N10. The van der Waals surface area contributed by atoms with Gasteiger partial charge in [-0.3, -0.25) is 29.4 Å². The predicted molar refractivity (Wildman–Crippen MR) is 614 cm³/mol. The van der Waals surface area contributed by atoms with Crippen molar-refractivity contribution >= 4 is 22.7 Å². The number of likely N-dealkylation sites (tertiary alicyclic amines) is 5. The minimum absolute atomic E-state index is 0.135. The topological polar surface area (TPSA) is 41.2 Å². The second-order valence-corrected chi connectivity index (χ2v) is 60.9. The maximum absolute atomic E-state index is 3.58. The van der Waals surface area contributed by atoms with Crippen LogP contribution in [0.1, 0.15) is 453 Å². The van der Waals surface area contributed by atoms with Crippen molar-refractivity contribution in [3.05, 3.63) is 119 Å². The third kappa shape index (κ3) is 37.4. The van der Waals surface area contributed by atoms with E-state index in [4.69, 9.17) is 0 Å². The molecule has 8 unspecified atom stereocenters. The lowest BCUT2D eigenvalue weighted by Crippen LogP contribution is -2.58. The van der Waals surface area contributed by atoms with Crippen molar-refractivity contribution in [2.45, 2.75) is 543 Å². The van der Waals surface area contributed by atoms with Gasteiger partial charge in [-0.2, -0.15) is 0 Å². The van der Waals surface area contributed by atoms with Gasteiger partial charge in [0.05, 0.1) is 17.4 Å². The number of piperidine rings is 3. The van der Waals surface area contributed by atoms with E-state index in [0.29, 0.717) is 84.4 Å². The zero-order valence-corrected chi connectivity index (χ0v) is 101. The summed E-state index contributed by atoms with van der Waals surface area (Å²) in [5, 5.41) is 3.58. The fourth-order valence-corrected chi connectivity index (χ4v) is 23.5. The van der Waals surface area contributed by atoms with Gasteiger partial charge in [-0.25, -0.2) is 0 Å². The summed E-state index contributed by atoms with van der Waals surface area (Å²) in [4.78, 5) is 23.8. The van der Waals surface area contributed by atoms with Crippen molar-refractivity contribution in [2.75, 3.05) is 78.9 Å². The van der Waals surface area contributed by atoms with Crippen molar-refractivity contribution in [1.29, 1.82) is 0 Å². The van der Waals surface area contributed by atoms with Gasteiger partial charge < -0.3 is 20.0 Å². The van der Waals surface area contributed by atoms with Crippen LogP contribution in [-0.2, 0) is 25.8 Å². The molecule has 1 N–H and O–H groups in total. The predicted octanol–water partition coefficient (Wildman–Crippen LogP) is 33.7. The van der Waals surface area contributed by atoms with Crippen LogP contribution < -0.4 is 20.0 Å². The first-order valence-electron chi connectivity index (χ1n) is 55.8. The minimum Gasteiger partial charge on any atom is -0.381 e. The van der Waals surface area contributed by atoms with Gasteiger partial charge in [0, 0.05) is 118 Å². The molecule has 4 aromatic carbocycles. The number of rotatable bonds is 2. The molecule has 4 aromatic rings. The maximum atomic E-state index is 3.58. The standard InChI is InChI=1S/2C17H27N.C16H26N2.C16H25N.2C13H27N.2C12H25N.C11H23N/c1-16(2,3)15-11-13-9-7-8-10-14(13)12-18(15)17(4,5)6;1-16(2,3)15-12-11-13-9-7-8-10-14(13)18(15)17(4,5)6;1-15(2,3)14-11-17-12-9-7-8-10-13(12)18(14)16(4,5)6;1-15(2,3)14-11-12-9-7-8-10-13(12)17(14)16(4,5)6;1-12(2,3)11-8-7-9-14(10-11)13(4,5)6;1-12(2,3)11-9-7-8-10-14(11)13(4,5)6;1-11(2,3)10-8-7-9-13(10)12(4,5)6;1-10(2)11-6-8-13(9-7-11)12(3,4)5;1-9(2)10-6-7-12(8-10)11(3,4)5/h2*7-10,15H,11-12H2,1-6H3;7-10,14,17H,11H2,1-6H3;7-10,14H,11H2,1-6H3;2*11H,7-10H2,1-6H3;10H,7-9H2,1-6H3;10-11H,6-9H2,1-5H3;9-10H,6-8H2,1-5H3. The number of fused-ring (bicyclic) bond motifs is 4. The Morgan fingerprint density at radius 2 is 0.591 bits per heavy atom. The molecule has 0 spiro atoms. The summed E-state index contributed by atoms with van der Waals surface area (Å²) in [6.45, 7) is 134. The van der Waals surface area contributed by atoms with E-state index < -0.39 is 0 Å². The summed E-state index contributed by atoms with van der Waals surface area (Å²) in [6.07, 6.45) is 18.7. The second kappa shape index (κ2) is 48.0. The lowest BCUT2D eigenvalue weighted by Gasteiger charge is -2.52. The third-order valence-electron chi connectivity index (χ3n) is 32.1. The minimum atomic E-state index is 0.135. The van der Waals surface area contributed by atoms with E-state index in [-0.39, 0.29) is 27.6 Å². The number of nitrogens with one attached hydrogen (secondary N) is 1. The van der Waals surface area contributed by atoms with Crippen LogP contribution in [0.15, 0.2) is 97.1 Å². The Balaban J connectivity index is 0.000000273. The molecule has 9 heterocycles. The molecule has 137 heavy (non-hydrogen) atoms. The van der Waals surface area contributed by atoms with Crippen molar-refractivity contribution in [3.8, 4) is 0 Å². The number of hydrogen-bond donors (Lipinski definition) is 1. The Hall–Kier alpha value is -4.16. The zero-order chi connectivity index (χ0) is 105. The monoisotopic (exact) mass is 1900 g/mol. The van der Waals surface area contributed by atoms with Crippen molar-refractivity contribution < 1.29 is 0 Å². The molecule has 0 radical (unpaired) electrons. The van der Waals surface area contributed by atoms with Crippen molar-refractivity contribution in [2.24, 2.45) is 67.5 Å². The molecule has 0 bridgehead atoms. The Bertz CT molecular complexity index is 3940. The number of benzene rings is 4. The van der Waals surface area contributed by atoms with E-state index in [0.717, 1.165) is 54.8 Å². The van der Waals surface area contributed by atoms with Crippen molar-refractivity contribution in [1.82, 2.24) is 29.4 Å². The summed E-state index contributed by atoms with van der Waals surface area (Å²) < 4.78 is 0. The van der Waals surface area contributed by atoms with Gasteiger partial charge in [0.2, 0.25) is 0 Å². The first-order chi connectivity index (χ1) is 61.8. The van der Waals surface area contributed by atoms with Gasteiger partial charge in [0.25, 0.3) is 0 Å². The van der Waals surface area contributed by atoms with Gasteiger partial charge in [0.15, 0.2) is 0 Å². The molecule has 8 atom stereocenters. The number of anilines is 4. The van der Waals surface area contributed by atoms with Gasteiger partial charge in [-0.15, -0.1) is 0 Å². The van der Waals surface area contributed by atoms with Crippen LogP contribution >= 0.6 is 0 Å². The molecule has 5 fully saturated rings. The first-order valence-corrected chi connectivity index (χ1v) is 55.8.